The number of esters is 1. The monoisotopic (exact) mass is 458 g/mol. The van der Waals surface area contributed by atoms with E-state index in [1.54, 1.807) is 4.57 Å². The summed E-state index contributed by atoms with van der Waals surface area (Å²) in [6.07, 6.45) is -0.149. The van der Waals surface area contributed by atoms with E-state index < -0.39 is 17.2 Å². The van der Waals surface area contributed by atoms with Crippen LogP contribution in [0.15, 0.2) is 58.1 Å². The Morgan fingerprint density at radius 3 is 2.50 bits per heavy atom. The third-order valence-corrected chi connectivity index (χ3v) is 5.38. The minimum atomic E-state index is -0.670. The second-order valence-corrected chi connectivity index (χ2v) is 7.46. The molecule has 0 unspecified atom stereocenters. The zero-order valence-electron chi connectivity index (χ0n) is 17.9. The first-order chi connectivity index (χ1) is 16.5. The molecule has 12 heteroatoms. The van der Waals surface area contributed by atoms with Gasteiger partial charge in [-0.1, -0.05) is 48.5 Å². The van der Waals surface area contributed by atoms with Crippen molar-refractivity contribution < 1.29 is 9.53 Å². The number of aromatic amines is 3. The van der Waals surface area contributed by atoms with Gasteiger partial charge in [0.15, 0.2) is 17.0 Å². The molecule has 0 aliphatic carbocycles. The molecule has 170 valence electrons. The lowest BCUT2D eigenvalue weighted by atomic mass is 9.98. The number of tetrazole rings is 1. The van der Waals surface area contributed by atoms with Gasteiger partial charge in [-0.25, -0.2) is 14.9 Å². The van der Waals surface area contributed by atoms with Crippen LogP contribution in [0.1, 0.15) is 11.4 Å². The average molecular weight is 458 g/mol. The van der Waals surface area contributed by atoms with Crippen molar-refractivity contribution in [1.29, 1.82) is 0 Å². The Bertz CT molecular complexity index is 1600. The Hall–Kier alpha value is -4.87. The van der Waals surface area contributed by atoms with E-state index in [0.717, 1.165) is 22.3 Å². The van der Waals surface area contributed by atoms with Gasteiger partial charge < -0.3 is 9.30 Å². The molecule has 3 heterocycles. The minimum absolute atomic E-state index is 0.110. The smallest absolute Gasteiger partial charge is 0.327 e. The average Bonchev–Trinajstić information content (AvgIpc) is 3.48. The summed E-state index contributed by atoms with van der Waals surface area (Å²) in [7, 11) is 1.27. The molecule has 0 aliphatic heterocycles. The van der Waals surface area contributed by atoms with E-state index in [1.165, 1.54) is 7.11 Å². The summed E-state index contributed by atoms with van der Waals surface area (Å²) in [5.41, 5.74) is 2.63. The number of H-pyrrole nitrogens is 3. The van der Waals surface area contributed by atoms with E-state index in [0.29, 0.717) is 11.6 Å². The number of nitrogens with one attached hydrogen (secondary N) is 3. The molecule has 3 N–H and O–H groups in total. The highest BCUT2D eigenvalue weighted by Crippen LogP contribution is 2.30. The zero-order valence-corrected chi connectivity index (χ0v) is 17.9. The number of aromatic nitrogens is 8. The van der Waals surface area contributed by atoms with Crippen molar-refractivity contribution in [1.82, 2.24) is 40.1 Å². The van der Waals surface area contributed by atoms with Crippen LogP contribution in [0.2, 0.25) is 0 Å². The summed E-state index contributed by atoms with van der Waals surface area (Å²) >= 11 is 0. The topological polar surface area (TPSA) is 164 Å². The van der Waals surface area contributed by atoms with Crippen LogP contribution >= 0.6 is 0 Å². The Morgan fingerprint density at radius 2 is 1.79 bits per heavy atom. The molecule has 5 rings (SSSR count). The first-order valence-electron chi connectivity index (χ1n) is 10.2. The minimum Gasteiger partial charge on any atom is -0.469 e. The number of rotatable bonds is 6. The second-order valence-electron chi connectivity index (χ2n) is 7.46. The SMILES string of the molecule is COC(=O)Cc1nc2[nH]c(=O)[nH]c(=O)c2n1Cc1ccc(-c2ccccc2-c2nnn[nH]2)cc1. The highest BCUT2D eigenvalue weighted by atomic mass is 16.5. The van der Waals surface area contributed by atoms with Gasteiger partial charge in [-0.2, -0.15) is 0 Å². The molecule has 0 fully saturated rings. The lowest BCUT2D eigenvalue weighted by molar-refractivity contribution is -0.139. The molecular weight excluding hydrogens is 440 g/mol. The van der Waals surface area contributed by atoms with Crippen LogP contribution in [-0.2, 0) is 22.5 Å². The van der Waals surface area contributed by atoms with E-state index in [1.807, 2.05) is 48.5 Å². The van der Waals surface area contributed by atoms with Gasteiger partial charge in [-0.15, -0.1) is 5.10 Å². The van der Waals surface area contributed by atoms with E-state index >= 15 is 0 Å². The molecule has 0 saturated heterocycles. The number of methoxy groups -OCH3 is 1. The maximum absolute atomic E-state index is 12.5. The molecule has 5 aromatic rings. The van der Waals surface area contributed by atoms with Gasteiger partial charge in [0.25, 0.3) is 5.56 Å². The van der Waals surface area contributed by atoms with Gasteiger partial charge in [0.2, 0.25) is 0 Å². The van der Waals surface area contributed by atoms with Gasteiger partial charge in [0, 0.05) is 12.1 Å². The van der Waals surface area contributed by atoms with Crippen molar-refractivity contribution in [2.45, 2.75) is 13.0 Å². The maximum Gasteiger partial charge on any atom is 0.327 e. The lowest BCUT2D eigenvalue weighted by Gasteiger charge is -2.11. The van der Waals surface area contributed by atoms with Gasteiger partial charge in [0.1, 0.15) is 12.2 Å². The summed E-state index contributed by atoms with van der Waals surface area (Å²) in [5, 5.41) is 14.1. The van der Waals surface area contributed by atoms with Gasteiger partial charge in [0.05, 0.1) is 7.11 Å². The number of carbonyl (C=O) groups is 1. The quantitative estimate of drug-likeness (QED) is 0.317. The van der Waals surface area contributed by atoms with Crippen LogP contribution in [0.4, 0.5) is 0 Å². The summed E-state index contributed by atoms with van der Waals surface area (Å²) in [4.78, 5) is 45.1. The predicted molar refractivity (Wildman–Crippen MR) is 121 cm³/mol. The summed E-state index contributed by atoms with van der Waals surface area (Å²) in [6.45, 7) is 0.256. The predicted octanol–water partition coefficient (Wildman–Crippen LogP) is 1.02. The first-order valence-corrected chi connectivity index (χ1v) is 10.2. The number of carbonyl (C=O) groups excluding carboxylic acids is 1. The normalized spacial score (nSPS) is 11.1. The number of fused-ring (bicyclic) bond motifs is 1. The molecule has 3 aromatic heterocycles. The Balaban J connectivity index is 1.52. The third-order valence-electron chi connectivity index (χ3n) is 5.38. The number of imidazole rings is 1. The Kier molecular flexibility index (Phi) is 5.30. The largest absolute Gasteiger partial charge is 0.469 e. The summed E-state index contributed by atoms with van der Waals surface area (Å²) in [5.74, 6) is 0.357. The van der Waals surface area contributed by atoms with Gasteiger partial charge in [-0.05, 0) is 27.1 Å². The highest BCUT2D eigenvalue weighted by Gasteiger charge is 2.18. The fraction of sp³-hybridized carbons (Fsp3) is 0.136. The second kappa shape index (κ2) is 8.58. The number of hydrogen-bond acceptors (Lipinski definition) is 8. The van der Waals surface area contributed by atoms with E-state index in [9.17, 15) is 14.4 Å². The zero-order chi connectivity index (χ0) is 23.7. The van der Waals surface area contributed by atoms with Crippen molar-refractivity contribution >= 4 is 17.1 Å². The molecule has 0 amide bonds. The van der Waals surface area contributed by atoms with Crippen molar-refractivity contribution in [2.24, 2.45) is 0 Å². The van der Waals surface area contributed by atoms with Crippen molar-refractivity contribution in [2.75, 3.05) is 7.11 Å². The molecular formula is C22H18N8O4. The Labute approximate surface area is 190 Å². The maximum atomic E-state index is 12.5. The van der Waals surface area contributed by atoms with Gasteiger partial charge in [-0.3, -0.25) is 19.6 Å². The standard InChI is InChI=1S/C22H18N8O4/c1-34-17(31)10-16-23-20-18(21(32)25-22(33)24-20)30(16)11-12-6-8-13(9-7-12)14-4-2-3-5-15(14)19-26-28-29-27-19/h2-9H,10-11H2,1H3,(H2,24,25,32,33)(H,26,27,28,29). The summed E-state index contributed by atoms with van der Waals surface area (Å²) in [6, 6.07) is 15.5. The van der Waals surface area contributed by atoms with Crippen LogP contribution in [0.3, 0.4) is 0 Å². The molecule has 0 spiro atoms. The Morgan fingerprint density at radius 1 is 1.03 bits per heavy atom. The number of nitrogens with zero attached hydrogens (tertiary/aromatic N) is 5. The van der Waals surface area contributed by atoms with E-state index in [4.69, 9.17) is 4.74 Å². The van der Waals surface area contributed by atoms with E-state index in [2.05, 4.69) is 35.6 Å². The van der Waals surface area contributed by atoms with E-state index in [-0.39, 0.29) is 24.1 Å². The van der Waals surface area contributed by atoms with Crippen LogP contribution < -0.4 is 11.2 Å². The molecule has 0 bridgehead atoms. The number of hydrogen-bond donors (Lipinski definition) is 3. The molecule has 34 heavy (non-hydrogen) atoms. The van der Waals surface area contributed by atoms with Crippen LogP contribution in [0.25, 0.3) is 33.7 Å². The molecule has 0 saturated carbocycles. The number of ether oxygens (including phenoxy) is 1. The fourth-order valence-electron chi connectivity index (χ4n) is 3.81. The lowest BCUT2D eigenvalue weighted by Crippen LogP contribution is -2.23. The third kappa shape index (κ3) is 3.88. The van der Waals surface area contributed by atoms with Crippen LogP contribution in [0, 0.1) is 0 Å². The highest BCUT2D eigenvalue weighted by molar-refractivity contribution is 5.80. The van der Waals surface area contributed by atoms with Gasteiger partial charge >= 0.3 is 11.7 Å². The molecule has 0 aliphatic rings. The molecule has 12 nitrogen and oxygen atoms in total. The fourth-order valence-corrected chi connectivity index (χ4v) is 3.81. The summed E-state index contributed by atoms with van der Waals surface area (Å²) < 4.78 is 6.35. The van der Waals surface area contributed by atoms with Crippen LogP contribution in [-0.4, -0.2) is 53.2 Å². The number of benzene rings is 2. The van der Waals surface area contributed by atoms with Crippen LogP contribution in [0.5, 0.6) is 0 Å². The van der Waals surface area contributed by atoms with Crippen molar-refractivity contribution in [3.05, 3.63) is 80.8 Å². The molecule has 0 radical (unpaired) electrons. The molecule has 2 aromatic carbocycles. The van der Waals surface area contributed by atoms with Crippen molar-refractivity contribution in [3.8, 4) is 22.5 Å². The first kappa shape index (κ1) is 21.0. The molecule has 0 atom stereocenters. The van der Waals surface area contributed by atoms with Crippen molar-refractivity contribution in [3.63, 3.8) is 0 Å².